The van der Waals surface area contributed by atoms with Gasteiger partial charge in [0.05, 0.1) is 11.8 Å². The number of anilines is 1. The third-order valence-electron chi connectivity index (χ3n) is 7.29. The molecule has 0 saturated carbocycles. The summed E-state index contributed by atoms with van der Waals surface area (Å²) in [5.74, 6) is 0.521. The van der Waals surface area contributed by atoms with Crippen LogP contribution in [0.5, 0.6) is 0 Å². The average molecular weight is 705 g/mol. The van der Waals surface area contributed by atoms with Crippen molar-refractivity contribution in [3.05, 3.63) is 161 Å². The number of nitrogens with zero attached hydrogens (tertiary/aromatic N) is 4. The first-order chi connectivity index (χ1) is 22.8. The summed E-state index contributed by atoms with van der Waals surface area (Å²) in [6.07, 6.45) is 12.0. The predicted molar refractivity (Wildman–Crippen MR) is 204 cm³/mol. The number of halogens is 1. The van der Waals surface area contributed by atoms with Crippen LogP contribution in [0.15, 0.2) is 139 Å². The molecule has 48 heavy (non-hydrogen) atoms. The van der Waals surface area contributed by atoms with Crippen LogP contribution in [-0.2, 0) is 11.2 Å². The lowest BCUT2D eigenvalue weighted by Gasteiger charge is -2.11. The van der Waals surface area contributed by atoms with Crippen molar-refractivity contribution in [2.24, 2.45) is 0 Å². The lowest BCUT2D eigenvalue weighted by Crippen LogP contribution is -2.02. The molecule has 6 aromatic rings. The van der Waals surface area contributed by atoms with E-state index in [1.165, 1.54) is 16.7 Å². The molecule has 0 aliphatic heterocycles. The molecule has 1 unspecified atom stereocenters. The second-order valence-electron chi connectivity index (χ2n) is 11.2. The maximum absolute atomic E-state index is 5.59. The Labute approximate surface area is 294 Å². The van der Waals surface area contributed by atoms with Gasteiger partial charge in [0.2, 0.25) is 0 Å². The topological polar surface area (TPSA) is 86.8 Å². The molecule has 6 nitrogen and oxygen atoms in total. The number of aromatic nitrogens is 4. The van der Waals surface area contributed by atoms with Crippen LogP contribution in [0.25, 0.3) is 22.3 Å². The fraction of sp³-hybridized carbons (Fsp3) is 0.220. The highest BCUT2D eigenvalue weighted by Gasteiger charge is 2.07. The van der Waals surface area contributed by atoms with Crippen LogP contribution in [0, 0.1) is 0 Å². The average Bonchev–Trinajstić information content (AvgIpc) is 3.11. The Kier molecular flexibility index (Phi) is 15.6. The van der Waals surface area contributed by atoms with Gasteiger partial charge in [0, 0.05) is 59.6 Å². The normalized spacial score (nSPS) is 10.9. The van der Waals surface area contributed by atoms with Crippen LogP contribution in [-0.4, -0.2) is 26.5 Å². The first-order valence-corrected chi connectivity index (χ1v) is 16.5. The van der Waals surface area contributed by atoms with Crippen LogP contribution in [0.4, 0.5) is 5.69 Å². The van der Waals surface area contributed by atoms with Crippen molar-refractivity contribution in [1.82, 2.24) is 19.9 Å². The van der Waals surface area contributed by atoms with Crippen molar-refractivity contribution in [3.63, 3.8) is 0 Å². The van der Waals surface area contributed by atoms with Crippen molar-refractivity contribution < 1.29 is 4.74 Å². The largest absolute Gasteiger partial charge is 0.399 e. The van der Waals surface area contributed by atoms with Crippen molar-refractivity contribution in [1.29, 1.82) is 0 Å². The predicted octanol–water partition coefficient (Wildman–Crippen LogP) is 10.8. The van der Waals surface area contributed by atoms with Crippen molar-refractivity contribution >= 4 is 21.6 Å². The SMILES string of the molecule is C.CC(C)c1ccc(Br)cn1.CCOC(C)c1ccc(Cc2ccc(-c3cccnc3)cc2)cn1.Nc1ccc(-c2cccnc2)cc1. The Morgan fingerprint density at radius 1 is 0.625 bits per heavy atom. The summed E-state index contributed by atoms with van der Waals surface area (Å²) in [4.78, 5) is 17.0. The maximum atomic E-state index is 5.59. The Morgan fingerprint density at radius 2 is 1.17 bits per heavy atom. The molecule has 0 radical (unpaired) electrons. The van der Waals surface area contributed by atoms with Crippen LogP contribution < -0.4 is 5.73 Å². The number of pyridine rings is 4. The highest BCUT2D eigenvalue weighted by molar-refractivity contribution is 9.10. The van der Waals surface area contributed by atoms with E-state index in [9.17, 15) is 0 Å². The molecule has 0 aliphatic rings. The zero-order chi connectivity index (χ0) is 33.4. The fourth-order valence-corrected chi connectivity index (χ4v) is 4.87. The Balaban J connectivity index is 0.000000218. The molecule has 1 atom stereocenters. The van der Waals surface area contributed by atoms with Crippen molar-refractivity contribution in [2.45, 2.75) is 53.6 Å². The Morgan fingerprint density at radius 3 is 1.62 bits per heavy atom. The minimum Gasteiger partial charge on any atom is -0.399 e. The Hall–Kier alpha value is -4.72. The molecular formula is C41H46BrN5O. The maximum Gasteiger partial charge on any atom is 0.0966 e. The summed E-state index contributed by atoms with van der Waals surface area (Å²) in [7, 11) is 0. The standard InChI is InChI=1S/C21H22N2O.C11H10N2.C8H10BrN.CH4/c1-3-24-16(2)21-11-8-18(14-23-21)13-17-6-9-19(10-7-17)20-5-4-12-22-15-20;12-11-5-3-9(4-6-11)10-2-1-7-13-8-10;1-6(2)8-4-3-7(9)5-10-8;/h4-12,14-16H,3,13H2,1-2H3;1-8H,12H2;3-6H,1-2H3;1H4. The van der Waals surface area contributed by atoms with E-state index < -0.39 is 0 Å². The number of ether oxygens (including phenoxy) is 1. The molecule has 0 fully saturated rings. The van der Waals surface area contributed by atoms with Gasteiger partial charge < -0.3 is 10.5 Å². The number of rotatable bonds is 8. The summed E-state index contributed by atoms with van der Waals surface area (Å²) < 4.78 is 6.61. The molecule has 0 spiro atoms. The summed E-state index contributed by atoms with van der Waals surface area (Å²) >= 11 is 3.33. The zero-order valence-corrected chi connectivity index (χ0v) is 29.0. The molecule has 2 aromatic carbocycles. The highest BCUT2D eigenvalue weighted by atomic mass is 79.9. The van der Waals surface area contributed by atoms with Crippen LogP contribution in [0.2, 0.25) is 0 Å². The lowest BCUT2D eigenvalue weighted by atomic mass is 10.0. The van der Waals surface area contributed by atoms with Gasteiger partial charge in [-0.25, -0.2) is 0 Å². The first-order valence-electron chi connectivity index (χ1n) is 15.8. The van der Waals surface area contributed by atoms with E-state index in [0.29, 0.717) is 12.5 Å². The number of hydrogen-bond acceptors (Lipinski definition) is 6. The molecule has 4 heterocycles. The van der Waals surface area contributed by atoms with Gasteiger partial charge in [-0.3, -0.25) is 19.9 Å². The lowest BCUT2D eigenvalue weighted by molar-refractivity contribution is 0.0733. The summed E-state index contributed by atoms with van der Waals surface area (Å²) in [5, 5.41) is 0. The zero-order valence-electron chi connectivity index (χ0n) is 27.4. The molecule has 0 bridgehead atoms. The number of nitrogens with two attached hydrogens (primary N) is 1. The van der Waals surface area contributed by atoms with E-state index in [1.54, 1.807) is 12.4 Å². The van der Waals surface area contributed by atoms with Crippen molar-refractivity contribution in [3.8, 4) is 22.3 Å². The van der Waals surface area contributed by atoms with E-state index in [-0.39, 0.29) is 13.5 Å². The summed E-state index contributed by atoms with van der Waals surface area (Å²) in [6, 6.07) is 32.6. The molecule has 2 N–H and O–H groups in total. The number of hydrogen-bond donors (Lipinski definition) is 1. The number of benzene rings is 2. The van der Waals surface area contributed by atoms with Crippen LogP contribution >= 0.6 is 15.9 Å². The van der Waals surface area contributed by atoms with Gasteiger partial charge in [-0.15, -0.1) is 0 Å². The van der Waals surface area contributed by atoms with E-state index >= 15 is 0 Å². The monoisotopic (exact) mass is 703 g/mol. The van der Waals surface area contributed by atoms with Gasteiger partial charge >= 0.3 is 0 Å². The van der Waals surface area contributed by atoms with E-state index in [2.05, 4.69) is 92.2 Å². The highest BCUT2D eigenvalue weighted by Crippen LogP contribution is 2.21. The van der Waals surface area contributed by atoms with E-state index in [1.807, 2.05) is 93.2 Å². The third kappa shape index (κ3) is 12.1. The summed E-state index contributed by atoms with van der Waals surface area (Å²) in [5.41, 5.74) is 15.6. The van der Waals surface area contributed by atoms with Gasteiger partial charge in [0.1, 0.15) is 0 Å². The Bertz CT molecular complexity index is 1730. The molecule has 0 saturated heterocycles. The van der Waals surface area contributed by atoms with Crippen molar-refractivity contribution in [2.75, 3.05) is 12.3 Å². The fourth-order valence-electron chi connectivity index (χ4n) is 4.64. The molecular weight excluding hydrogens is 658 g/mol. The first kappa shape index (κ1) is 37.7. The second kappa shape index (κ2) is 19.8. The molecule has 0 amide bonds. The second-order valence-corrected chi connectivity index (χ2v) is 12.1. The molecule has 4 aromatic heterocycles. The molecule has 7 heteroatoms. The van der Waals surface area contributed by atoms with Crippen LogP contribution in [0.1, 0.15) is 69.7 Å². The molecule has 248 valence electrons. The quantitative estimate of drug-likeness (QED) is 0.159. The van der Waals surface area contributed by atoms with Gasteiger partial charge in [-0.1, -0.05) is 75.9 Å². The number of nitrogen functional groups attached to an aromatic ring is 1. The van der Waals surface area contributed by atoms with Gasteiger partial charge in [0.15, 0.2) is 0 Å². The molecule has 6 rings (SSSR count). The van der Waals surface area contributed by atoms with Crippen LogP contribution in [0.3, 0.4) is 0 Å². The third-order valence-corrected chi connectivity index (χ3v) is 7.75. The summed E-state index contributed by atoms with van der Waals surface area (Å²) in [6.45, 7) is 9.00. The minimum atomic E-state index is 0. The van der Waals surface area contributed by atoms with Gasteiger partial charge in [-0.05, 0) is 118 Å². The van der Waals surface area contributed by atoms with Gasteiger partial charge in [0.25, 0.3) is 0 Å². The smallest absolute Gasteiger partial charge is 0.0966 e. The van der Waals surface area contributed by atoms with E-state index in [4.69, 9.17) is 10.5 Å². The van der Waals surface area contributed by atoms with Gasteiger partial charge in [-0.2, -0.15) is 0 Å². The molecule has 0 aliphatic carbocycles. The minimum absolute atomic E-state index is 0. The van der Waals surface area contributed by atoms with E-state index in [0.717, 1.165) is 44.7 Å².